The Labute approximate surface area is 116 Å². The molecular weight excluding hydrogens is 238 g/mol. The van der Waals surface area contributed by atoms with Crippen LogP contribution in [0.15, 0.2) is 12.3 Å². The molecule has 1 fully saturated rings. The van der Waals surface area contributed by atoms with Crippen LogP contribution in [0.5, 0.6) is 0 Å². The van der Waals surface area contributed by atoms with Crippen LogP contribution in [-0.4, -0.2) is 29.5 Å². The molecule has 19 heavy (non-hydrogen) atoms. The summed E-state index contributed by atoms with van der Waals surface area (Å²) in [5, 5.41) is 7.89. The number of methoxy groups -OCH3 is 1. The second-order valence-electron chi connectivity index (χ2n) is 5.48. The Morgan fingerprint density at radius 3 is 2.58 bits per heavy atom. The predicted molar refractivity (Wildman–Crippen MR) is 77.1 cm³/mol. The van der Waals surface area contributed by atoms with Crippen molar-refractivity contribution in [3.8, 4) is 0 Å². The lowest BCUT2D eigenvalue weighted by Gasteiger charge is -2.39. The van der Waals surface area contributed by atoms with Crippen LogP contribution >= 0.6 is 0 Å². The molecule has 1 aliphatic rings. The Morgan fingerprint density at radius 2 is 2.05 bits per heavy atom. The van der Waals surface area contributed by atoms with Gasteiger partial charge in [0.1, 0.15) is 0 Å². The molecule has 1 aromatic rings. The summed E-state index contributed by atoms with van der Waals surface area (Å²) in [5.74, 6) is 0. The normalized spacial score (nSPS) is 21.0. The zero-order valence-corrected chi connectivity index (χ0v) is 12.5. The van der Waals surface area contributed by atoms with E-state index in [9.17, 15) is 0 Å². The van der Waals surface area contributed by atoms with Crippen LogP contribution in [0.1, 0.15) is 57.2 Å². The van der Waals surface area contributed by atoms with Gasteiger partial charge in [0.15, 0.2) is 0 Å². The highest BCUT2D eigenvalue weighted by molar-refractivity contribution is 5.14. The molecule has 4 heteroatoms. The van der Waals surface area contributed by atoms with E-state index >= 15 is 0 Å². The molecule has 1 aromatic heterocycles. The largest absolute Gasteiger partial charge is 0.376 e. The number of rotatable bonds is 5. The summed E-state index contributed by atoms with van der Waals surface area (Å²) in [6, 6.07) is 2.34. The second-order valence-corrected chi connectivity index (χ2v) is 5.48. The minimum atomic E-state index is -0.0851. The maximum atomic E-state index is 6.03. The number of likely N-dealkylation sites (N-methyl/N-ethyl adjacent to an activating group) is 1. The average Bonchev–Trinajstić information content (AvgIpc) is 2.77. The van der Waals surface area contributed by atoms with E-state index in [2.05, 4.69) is 28.1 Å². The molecular formula is C15H27N3O. The van der Waals surface area contributed by atoms with Crippen LogP contribution in [0.3, 0.4) is 0 Å². The lowest BCUT2D eigenvalue weighted by atomic mass is 9.84. The van der Waals surface area contributed by atoms with E-state index in [4.69, 9.17) is 4.74 Å². The molecule has 1 aliphatic carbocycles. The van der Waals surface area contributed by atoms with Crippen LogP contribution in [0.2, 0.25) is 0 Å². The van der Waals surface area contributed by atoms with Crippen LogP contribution in [-0.2, 0) is 11.3 Å². The first-order valence-corrected chi connectivity index (χ1v) is 7.51. The van der Waals surface area contributed by atoms with Gasteiger partial charge in [-0.25, -0.2) is 0 Å². The summed E-state index contributed by atoms with van der Waals surface area (Å²) in [6.45, 7) is 3.04. The van der Waals surface area contributed by atoms with Crippen molar-refractivity contribution in [1.82, 2.24) is 15.1 Å². The SMILES string of the molecule is CCn1nccc1C(NC)C1(OC)CCCCCC1. The lowest BCUT2D eigenvalue weighted by molar-refractivity contribution is -0.0542. The van der Waals surface area contributed by atoms with E-state index in [-0.39, 0.29) is 11.6 Å². The molecule has 1 saturated carbocycles. The molecule has 0 saturated heterocycles. The van der Waals surface area contributed by atoms with Crippen molar-refractivity contribution in [1.29, 1.82) is 0 Å². The Balaban J connectivity index is 2.32. The molecule has 4 nitrogen and oxygen atoms in total. The Bertz CT molecular complexity index is 380. The van der Waals surface area contributed by atoms with Crippen LogP contribution in [0, 0.1) is 0 Å². The molecule has 108 valence electrons. The number of aromatic nitrogens is 2. The summed E-state index contributed by atoms with van der Waals surface area (Å²) < 4.78 is 8.11. The predicted octanol–water partition coefficient (Wildman–Crippen LogP) is 2.90. The Morgan fingerprint density at radius 1 is 1.37 bits per heavy atom. The van der Waals surface area contributed by atoms with Crippen molar-refractivity contribution in [2.24, 2.45) is 0 Å². The van der Waals surface area contributed by atoms with E-state index in [1.54, 1.807) is 0 Å². The maximum Gasteiger partial charge on any atom is 0.0887 e. The summed E-state index contributed by atoms with van der Waals surface area (Å²) in [6.07, 6.45) is 9.32. The van der Waals surface area contributed by atoms with Crippen molar-refractivity contribution < 1.29 is 4.74 Å². The van der Waals surface area contributed by atoms with Crippen LogP contribution in [0.25, 0.3) is 0 Å². The van der Waals surface area contributed by atoms with Crippen LogP contribution in [0.4, 0.5) is 0 Å². The standard InChI is InChI=1S/C15H27N3O/c1-4-18-13(9-12-17-18)14(16-2)15(19-3)10-7-5-6-8-11-15/h9,12,14,16H,4-8,10-11H2,1-3H3. The third kappa shape index (κ3) is 2.84. The third-order valence-corrected chi connectivity index (χ3v) is 4.52. The molecule has 0 radical (unpaired) electrons. The van der Waals surface area contributed by atoms with Crippen molar-refractivity contribution in [3.63, 3.8) is 0 Å². The minimum Gasteiger partial charge on any atom is -0.376 e. The first kappa shape index (κ1) is 14.5. The minimum absolute atomic E-state index is 0.0851. The quantitative estimate of drug-likeness (QED) is 0.832. The van der Waals surface area contributed by atoms with E-state index in [0.717, 1.165) is 19.4 Å². The molecule has 1 heterocycles. The Kier molecular flexibility index (Phi) is 4.99. The van der Waals surface area contributed by atoms with Gasteiger partial charge in [0, 0.05) is 19.9 Å². The highest BCUT2D eigenvalue weighted by Gasteiger charge is 2.40. The molecule has 1 N–H and O–H groups in total. The van der Waals surface area contributed by atoms with Gasteiger partial charge in [0.05, 0.1) is 17.3 Å². The first-order valence-electron chi connectivity index (χ1n) is 7.51. The highest BCUT2D eigenvalue weighted by atomic mass is 16.5. The monoisotopic (exact) mass is 265 g/mol. The lowest BCUT2D eigenvalue weighted by Crippen LogP contribution is -2.45. The zero-order valence-electron chi connectivity index (χ0n) is 12.5. The van der Waals surface area contributed by atoms with Crippen molar-refractivity contribution >= 4 is 0 Å². The number of aryl methyl sites for hydroxylation is 1. The molecule has 0 spiro atoms. The van der Waals surface area contributed by atoms with Gasteiger partial charge in [-0.3, -0.25) is 4.68 Å². The summed E-state index contributed by atoms with van der Waals surface area (Å²) in [5.41, 5.74) is 1.16. The summed E-state index contributed by atoms with van der Waals surface area (Å²) in [4.78, 5) is 0. The molecule has 0 amide bonds. The van der Waals surface area contributed by atoms with Crippen LogP contribution < -0.4 is 5.32 Å². The van der Waals surface area contributed by atoms with Crippen molar-refractivity contribution in [2.45, 2.75) is 63.6 Å². The second kappa shape index (κ2) is 6.53. The van der Waals surface area contributed by atoms with Gasteiger partial charge in [-0.2, -0.15) is 5.10 Å². The topological polar surface area (TPSA) is 39.1 Å². The van der Waals surface area contributed by atoms with Gasteiger partial charge >= 0.3 is 0 Å². The summed E-state index contributed by atoms with van der Waals surface area (Å²) >= 11 is 0. The van der Waals surface area contributed by atoms with Gasteiger partial charge in [0.2, 0.25) is 0 Å². The van der Waals surface area contributed by atoms with E-state index in [1.807, 2.05) is 20.4 Å². The van der Waals surface area contributed by atoms with E-state index in [1.165, 1.54) is 31.4 Å². The van der Waals surface area contributed by atoms with Gasteiger partial charge in [-0.15, -0.1) is 0 Å². The molecule has 1 atom stereocenters. The number of hydrogen-bond donors (Lipinski definition) is 1. The van der Waals surface area contributed by atoms with E-state index < -0.39 is 0 Å². The van der Waals surface area contributed by atoms with E-state index in [0.29, 0.717) is 0 Å². The van der Waals surface area contributed by atoms with Gasteiger partial charge in [0.25, 0.3) is 0 Å². The van der Waals surface area contributed by atoms with Gasteiger partial charge in [-0.05, 0) is 32.9 Å². The molecule has 1 unspecified atom stereocenters. The molecule has 0 aliphatic heterocycles. The Hall–Kier alpha value is -0.870. The van der Waals surface area contributed by atoms with Gasteiger partial charge < -0.3 is 10.1 Å². The molecule has 0 bridgehead atoms. The third-order valence-electron chi connectivity index (χ3n) is 4.52. The average molecular weight is 265 g/mol. The molecule has 0 aromatic carbocycles. The fraction of sp³-hybridized carbons (Fsp3) is 0.800. The smallest absolute Gasteiger partial charge is 0.0887 e. The molecule has 2 rings (SSSR count). The number of hydrogen-bond acceptors (Lipinski definition) is 3. The van der Waals surface area contributed by atoms with Gasteiger partial charge in [-0.1, -0.05) is 25.7 Å². The fourth-order valence-corrected chi connectivity index (χ4v) is 3.47. The highest BCUT2D eigenvalue weighted by Crippen LogP contribution is 2.39. The maximum absolute atomic E-state index is 6.03. The number of nitrogens with one attached hydrogen (secondary N) is 1. The first-order chi connectivity index (χ1) is 9.27. The zero-order chi connectivity index (χ0) is 13.7. The van der Waals surface area contributed by atoms with Crippen molar-refractivity contribution in [3.05, 3.63) is 18.0 Å². The number of nitrogens with zero attached hydrogens (tertiary/aromatic N) is 2. The fourth-order valence-electron chi connectivity index (χ4n) is 3.47. The summed E-state index contributed by atoms with van der Waals surface area (Å²) in [7, 11) is 3.89. The number of ether oxygens (including phenoxy) is 1. The van der Waals surface area contributed by atoms with Crippen molar-refractivity contribution in [2.75, 3.05) is 14.2 Å².